The topological polar surface area (TPSA) is 95.9 Å². The molecule has 0 radical (unpaired) electrons. The largest absolute Gasteiger partial charge is 0.493 e. The Kier molecular flexibility index (Phi) is 8.25. The fourth-order valence-electron chi connectivity index (χ4n) is 3.65. The van der Waals surface area contributed by atoms with E-state index in [1.54, 1.807) is 6.07 Å². The Morgan fingerprint density at radius 1 is 0.971 bits per heavy atom. The van der Waals surface area contributed by atoms with E-state index in [1.165, 1.54) is 49.6 Å². The molecule has 0 atom stereocenters. The molecule has 0 aliphatic rings. The molecule has 0 aliphatic heterocycles. The van der Waals surface area contributed by atoms with Crippen LogP contribution in [0.3, 0.4) is 0 Å². The van der Waals surface area contributed by atoms with Crippen molar-refractivity contribution in [3.63, 3.8) is 0 Å². The summed E-state index contributed by atoms with van der Waals surface area (Å²) >= 11 is 0. The van der Waals surface area contributed by atoms with Crippen LogP contribution in [0.1, 0.15) is 39.0 Å². The van der Waals surface area contributed by atoms with Gasteiger partial charge < -0.3 is 24.1 Å². The number of hydrogen-bond acceptors (Lipinski definition) is 6. The number of anilines is 1. The van der Waals surface area contributed by atoms with Crippen LogP contribution in [-0.2, 0) is 16.1 Å². The molecule has 0 unspecified atom stereocenters. The quantitative estimate of drug-likeness (QED) is 0.341. The van der Waals surface area contributed by atoms with E-state index in [0.717, 1.165) is 17.9 Å². The molecule has 1 aromatic heterocycles. The van der Waals surface area contributed by atoms with Crippen LogP contribution in [-0.4, -0.2) is 42.6 Å². The van der Waals surface area contributed by atoms with Crippen LogP contribution in [0.15, 0.2) is 48.5 Å². The van der Waals surface area contributed by atoms with Crippen LogP contribution in [0, 0.1) is 19.7 Å². The van der Waals surface area contributed by atoms with Crippen molar-refractivity contribution >= 4 is 23.3 Å². The summed E-state index contributed by atoms with van der Waals surface area (Å²) in [7, 11) is 1.39. The SMILES string of the molecule is CCn1c(C)cc(C(=O)COC(=O)c2ccc(OCC(=O)Nc3ccc(F)cc3)c(OC)c2)c1C. The van der Waals surface area contributed by atoms with Gasteiger partial charge in [-0.15, -0.1) is 0 Å². The molecular weight excluding hydrogens is 455 g/mol. The molecule has 3 rings (SSSR count). The van der Waals surface area contributed by atoms with Gasteiger partial charge >= 0.3 is 5.97 Å². The second-order valence-electron chi connectivity index (χ2n) is 7.74. The number of halogens is 1. The molecule has 1 heterocycles. The first-order chi connectivity index (χ1) is 16.7. The van der Waals surface area contributed by atoms with Crippen molar-refractivity contribution in [2.45, 2.75) is 27.3 Å². The highest BCUT2D eigenvalue weighted by atomic mass is 19.1. The Labute approximate surface area is 202 Å². The third-order valence-electron chi connectivity index (χ3n) is 5.41. The standard InChI is InChI=1S/C26H27FN2O6/c1-5-29-16(2)12-21(17(29)3)22(30)14-35-26(32)18-6-11-23(24(13-18)33-4)34-15-25(31)28-20-9-7-19(27)8-10-20/h6-13H,5,14-15H2,1-4H3,(H,28,31). The summed E-state index contributed by atoms with van der Waals surface area (Å²) in [4.78, 5) is 37.2. The van der Waals surface area contributed by atoms with Gasteiger partial charge in [0.15, 0.2) is 24.7 Å². The third-order valence-corrected chi connectivity index (χ3v) is 5.41. The Morgan fingerprint density at radius 3 is 2.31 bits per heavy atom. The lowest BCUT2D eigenvalue weighted by Gasteiger charge is -2.12. The molecule has 1 N–H and O–H groups in total. The fraction of sp³-hybridized carbons (Fsp3) is 0.269. The number of carbonyl (C=O) groups is 3. The molecule has 0 aliphatic carbocycles. The number of amides is 1. The second kappa shape index (κ2) is 11.3. The molecule has 0 saturated carbocycles. The van der Waals surface area contributed by atoms with Gasteiger partial charge in [0.1, 0.15) is 5.82 Å². The van der Waals surface area contributed by atoms with Crippen molar-refractivity contribution < 1.29 is 33.0 Å². The molecule has 3 aromatic rings. The molecule has 8 nitrogen and oxygen atoms in total. The van der Waals surface area contributed by atoms with Gasteiger partial charge in [-0.25, -0.2) is 9.18 Å². The van der Waals surface area contributed by atoms with Gasteiger partial charge in [-0.2, -0.15) is 0 Å². The second-order valence-corrected chi connectivity index (χ2v) is 7.74. The van der Waals surface area contributed by atoms with Gasteiger partial charge in [-0.1, -0.05) is 0 Å². The van der Waals surface area contributed by atoms with Crippen molar-refractivity contribution in [3.8, 4) is 11.5 Å². The van der Waals surface area contributed by atoms with Crippen molar-refractivity contribution in [3.05, 3.63) is 76.9 Å². The maximum absolute atomic E-state index is 13.0. The first-order valence-corrected chi connectivity index (χ1v) is 11.0. The van der Waals surface area contributed by atoms with E-state index in [4.69, 9.17) is 14.2 Å². The van der Waals surface area contributed by atoms with Crippen molar-refractivity contribution in [2.75, 3.05) is 25.6 Å². The van der Waals surface area contributed by atoms with Crippen LogP contribution < -0.4 is 14.8 Å². The fourth-order valence-corrected chi connectivity index (χ4v) is 3.65. The Morgan fingerprint density at radius 2 is 1.69 bits per heavy atom. The van der Waals surface area contributed by atoms with Gasteiger partial charge in [0.05, 0.1) is 12.7 Å². The molecule has 2 aromatic carbocycles. The number of esters is 1. The number of nitrogens with zero attached hydrogens (tertiary/aromatic N) is 1. The Hall–Kier alpha value is -4.14. The lowest BCUT2D eigenvalue weighted by Crippen LogP contribution is -2.20. The van der Waals surface area contributed by atoms with Gasteiger partial charge in [-0.05, 0) is 69.3 Å². The van der Waals surface area contributed by atoms with Crippen LogP contribution in [0.25, 0.3) is 0 Å². The summed E-state index contributed by atoms with van der Waals surface area (Å²) in [6.45, 7) is 5.79. The first kappa shape index (κ1) is 25.5. The number of nitrogens with one attached hydrogen (secondary N) is 1. The summed E-state index contributed by atoms with van der Waals surface area (Å²) in [6.07, 6.45) is 0. The molecule has 0 fully saturated rings. The molecule has 184 valence electrons. The van der Waals surface area contributed by atoms with Crippen molar-refractivity contribution in [2.24, 2.45) is 0 Å². The van der Waals surface area contributed by atoms with Gasteiger partial charge in [0.2, 0.25) is 5.78 Å². The highest BCUT2D eigenvalue weighted by Gasteiger charge is 2.19. The van der Waals surface area contributed by atoms with E-state index in [2.05, 4.69) is 5.32 Å². The smallest absolute Gasteiger partial charge is 0.338 e. The van der Waals surface area contributed by atoms with Crippen LogP contribution in [0.2, 0.25) is 0 Å². The zero-order valence-corrected chi connectivity index (χ0v) is 20.0. The number of aromatic nitrogens is 1. The number of rotatable bonds is 10. The minimum absolute atomic E-state index is 0.164. The summed E-state index contributed by atoms with van der Waals surface area (Å²) in [5.41, 5.74) is 2.91. The van der Waals surface area contributed by atoms with Gasteiger partial charge in [-0.3, -0.25) is 9.59 Å². The monoisotopic (exact) mass is 482 g/mol. The van der Waals surface area contributed by atoms with E-state index in [9.17, 15) is 18.8 Å². The van der Waals surface area contributed by atoms with Crippen LogP contribution in [0.5, 0.6) is 11.5 Å². The summed E-state index contributed by atoms with van der Waals surface area (Å²) in [5.74, 6) is -1.39. The predicted molar refractivity (Wildman–Crippen MR) is 128 cm³/mol. The summed E-state index contributed by atoms with van der Waals surface area (Å²) < 4.78 is 31.0. The molecule has 1 amide bonds. The Bertz CT molecular complexity index is 1230. The number of carbonyl (C=O) groups excluding carboxylic acids is 3. The molecule has 9 heteroatoms. The molecule has 0 saturated heterocycles. The minimum Gasteiger partial charge on any atom is -0.493 e. The lowest BCUT2D eigenvalue weighted by molar-refractivity contribution is -0.118. The number of aryl methyl sites for hydroxylation is 1. The maximum Gasteiger partial charge on any atom is 0.338 e. The molecule has 0 bridgehead atoms. The zero-order chi connectivity index (χ0) is 25.5. The average molecular weight is 483 g/mol. The van der Waals surface area contributed by atoms with Crippen molar-refractivity contribution in [1.29, 1.82) is 0 Å². The maximum atomic E-state index is 13.0. The number of hydrogen-bond donors (Lipinski definition) is 1. The third kappa shape index (κ3) is 6.26. The number of methoxy groups -OCH3 is 1. The highest BCUT2D eigenvalue weighted by Crippen LogP contribution is 2.28. The number of ether oxygens (including phenoxy) is 3. The van der Waals surface area contributed by atoms with Gasteiger partial charge in [0, 0.05) is 29.2 Å². The number of ketones is 1. The Balaban J connectivity index is 1.58. The lowest BCUT2D eigenvalue weighted by atomic mass is 10.1. The molecule has 0 spiro atoms. The van der Waals surface area contributed by atoms with Crippen LogP contribution in [0.4, 0.5) is 10.1 Å². The van der Waals surface area contributed by atoms with E-state index >= 15 is 0 Å². The van der Waals surface area contributed by atoms with E-state index in [1.807, 2.05) is 25.3 Å². The molecule has 35 heavy (non-hydrogen) atoms. The number of benzene rings is 2. The van der Waals surface area contributed by atoms with Crippen LogP contribution >= 0.6 is 0 Å². The number of Topliss-reactive ketones (excluding diaryl/α,β-unsaturated/α-hetero) is 1. The first-order valence-electron chi connectivity index (χ1n) is 11.0. The van der Waals surface area contributed by atoms with E-state index in [-0.39, 0.29) is 29.5 Å². The molecular formula is C26H27FN2O6. The predicted octanol–water partition coefficient (Wildman–Crippen LogP) is 4.33. The minimum atomic E-state index is -0.693. The van der Waals surface area contributed by atoms with E-state index < -0.39 is 24.3 Å². The zero-order valence-electron chi connectivity index (χ0n) is 20.0. The van der Waals surface area contributed by atoms with Crippen molar-refractivity contribution in [1.82, 2.24) is 4.57 Å². The normalized spacial score (nSPS) is 10.5. The summed E-state index contributed by atoms with van der Waals surface area (Å²) in [5, 5.41) is 2.58. The summed E-state index contributed by atoms with van der Waals surface area (Å²) in [6, 6.07) is 11.4. The average Bonchev–Trinajstić information content (AvgIpc) is 3.15. The highest BCUT2D eigenvalue weighted by molar-refractivity contribution is 6.00. The van der Waals surface area contributed by atoms with E-state index in [0.29, 0.717) is 11.3 Å². The van der Waals surface area contributed by atoms with Gasteiger partial charge in [0.25, 0.3) is 5.91 Å².